The lowest BCUT2D eigenvalue weighted by Gasteiger charge is -2.39. The first-order valence-corrected chi connectivity index (χ1v) is 9.07. The number of aromatic nitrogens is 1. The number of carbonyl (C=O) groups is 1. The van der Waals surface area contributed by atoms with Gasteiger partial charge in [0.2, 0.25) is 5.91 Å². The molecule has 25 heavy (non-hydrogen) atoms. The Balaban J connectivity index is 0.00000109. The van der Waals surface area contributed by atoms with E-state index in [9.17, 15) is 4.79 Å². The van der Waals surface area contributed by atoms with Crippen molar-refractivity contribution < 1.29 is 4.79 Å². The molecule has 1 amide bonds. The van der Waals surface area contributed by atoms with E-state index >= 15 is 0 Å². The van der Waals surface area contributed by atoms with Crippen LogP contribution >= 0.6 is 15.9 Å². The van der Waals surface area contributed by atoms with Crippen molar-refractivity contribution in [1.29, 1.82) is 5.26 Å². The number of pyridine rings is 1. The van der Waals surface area contributed by atoms with Crippen molar-refractivity contribution in [1.82, 2.24) is 4.98 Å². The molecule has 0 saturated heterocycles. The van der Waals surface area contributed by atoms with Crippen LogP contribution in [-0.2, 0) is 10.2 Å². The van der Waals surface area contributed by atoms with Gasteiger partial charge in [0.25, 0.3) is 0 Å². The Hall–Kier alpha value is -2.39. The second kappa shape index (κ2) is 8.13. The maximum atomic E-state index is 12.8. The van der Waals surface area contributed by atoms with Crippen LogP contribution in [0.3, 0.4) is 0 Å². The fourth-order valence-electron chi connectivity index (χ4n) is 2.78. The molecule has 2 aromatic rings. The summed E-state index contributed by atoms with van der Waals surface area (Å²) in [4.78, 5) is 17.2. The maximum absolute atomic E-state index is 12.8. The van der Waals surface area contributed by atoms with E-state index in [-0.39, 0.29) is 5.91 Å². The van der Waals surface area contributed by atoms with Crippen LogP contribution in [0.2, 0.25) is 0 Å². The molecule has 1 heterocycles. The Morgan fingerprint density at radius 3 is 2.52 bits per heavy atom. The Morgan fingerprint density at radius 1 is 1.32 bits per heavy atom. The van der Waals surface area contributed by atoms with E-state index < -0.39 is 5.41 Å². The first-order valence-electron chi connectivity index (χ1n) is 8.28. The number of nitrogens with zero attached hydrogens (tertiary/aromatic N) is 2. The molecule has 1 aliphatic rings. The molecule has 1 saturated carbocycles. The van der Waals surface area contributed by atoms with Crippen molar-refractivity contribution in [2.75, 3.05) is 11.1 Å². The number of nitrogen functional groups attached to an aromatic ring is 1. The summed E-state index contributed by atoms with van der Waals surface area (Å²) in [6.07, 6.45) is 4.24. The molecule has 1 aliphatic carbocycles. The Bertz CT molecular complexity index is 792. The van der Waals surface area contributed by atoms with Crippen LogP contribution in [0, 0.1) is 11.3 Å². The molecule has 0 spiro atoms. The third kappa shape index (κ3) is 3.83. The third-order valence-electron chi connectivity index (χ3n) is 4.29. The lowest BCUT2D eigenvalue weighted by Crippen LogP contribution is -2.46. The topological polar surface area (TPSA) is 91.8 Å². The van der Waals surface area contributed by atoms with Crippen LogP contribution in [-0.4, -0.2) is 10.9 Å². The largest absolute Gasteiger partial charge is 0.397 e. The lowest BCUT2D eigenvalue weighted by molar-refractivity contribution is -0.124. The van der Waals surface area contributed by atoms with E-state index in [1.54, 1.807) is 24.4 Å². The Morgan fingerprint density at radius 2 is 2.04 bits per heavy atom. The van der Waals surface area contributed by atoms with E-state index in [0.717, 1.165) is 29.4 Å². The SMILES string of the molecule is CC.N#Cc1ccc(NC(=O)C2(c3ccc(Br)cn3)CCC2)c(N)c1. The molecule has 0 aliphatic heterocycles. The summed E-state index contributed by atoms with van der Waals surface area (Å²) in [5.41, 5.74) is 7.47. The van der Waals surface area contributed by atoms with Crippen molar-refractivity contribution in [2.45, 2.75) is 38.5 Å². The van der Waals surface area contributed by atoms with Gasteiger partial charge in [-0.1, -0.05) is 20.3 Å². The number of anilines is 2. The third-order valence-corrected chi connectivity index (χ3v) is 4.76. The standard InChI is InChI=1S/C17H15BrN4O.C2H6/c18-12-3-5-15(21-10-12)17(6-1-7-17)16(23)22-14-4-2-11(9-19)8-13(14)20;1-2/h2-5,8,10H,1,6-7,20H2,(H,22,23);1-2H3. The van der Waals surface area contributed by atoms with E-state index in [0.29, 0.717) is 16.9 Å². The van der Waals surface area contributed by atoms with Gasteiger partial charge >= 0.3 is 0 Å². The first kappa shape index (κ1) is 18.9. The molecule has 0 atom stereocenters. The number of benzene rings is 1. The molecule has 3 rings (SSSR count). The summed E-state index contributed by atoms with van der Waals surface area (Å²) in [5.74, 6) is -0.102. The zero-order valence-corrected chi connectivity index (χ0v) is 15.9. The lowest BCUT2D eigenvalue weighted by atomic mass is 9.65. The molecule has 5 nitrogen and oxygen atoms in total. The fourth-order valence-corrected chi connectivity index (χ4v) is 3.01. The van der Waals surface area contributed by atoms with Gasteiger partial charge in [0, 0.05) is 10.7 Å². The molecule has 0 radical (unpaired) electrons. The van der Waals surface area contributed by atoms with Gasteiger partial charge in [-0.15, -0.1) is 0 Å². The normalized spacial score (nSPS) is 14.3. The Labute approximate surface area is 156 Å². The predicted octanol–water partition coefficient (Wildman–Crippen LogP) is 4.38. The molecular formula is C19H21BrN4O. The highest BCUT2D eigenvalue weighted by Crippen LogP contribution is 2.44. The van der Waals surface area contributed by atoms with Crippen molar-refractivity contribution in [3.05, 3.63) is 52.3 Å². The number of amides is 1. The fraction of sp³-hybridized carbons (Fsp3) is 0.316. The van der Waals surface area contributed by atoms with E-state index in [4.69, 9.17) is 11.0 Å². The van der Waals surface area contributed by atoms with Gasteiger partial charge in [0.1, 0.15) is 0 Å². The maximum Gasteiger partial charge on any atom is 0.236 e. The molecular weight excluding hydrogens is 380 g/mol. The van der Waals surface area contributed by atoms with Crippen molar-refractivity contribution in [2.24, 2.45) is 0 Å². The monoisotopic (exact) mass is 400 g/mol. The van der Waals surface area contributed by atoms with Crippen molar-refractivity contribution in [3.63, 3.8) is 0 Å². The van der Waals surface area contributed by atoms with Crippen LogP contribution in [0.4, 0.5) is 11.4 Å². The molecule has 1 aromatic heterocycles. The zero-order chi connectivity index (χ0) is 18.4. The number of carbonyl (C=O) groups excluding carboxylic acids is 1. The summed E-state index contributed by atoms with van der Waals surface area (Å²) in [6.45, 7) is 4.00. The number of hydrogen-bond acceptors (Lipinski definition) is 4. The summed E-state index contributed by atoms with van der Waals surface area (Å²) >= 11 is 3.36. The Kier molecular flexibility index (Phi) is 6.16. The molecule has 3 N–H and O–H groups in total. The van der Waals surface area contributed by atoms with E-state index in [1.807, 2.05) is 32.0 Å². The summed E-state index contributed by atoms with van der Waals surface area (Å²) in [6, 6.07) is 10.7. The van der Waals surface area contributed by atoms with Crippen LogP contribution < -0.4 is 11.1 Å². The van der Waals surface area contributed by atoms with Gasteiger partial charge in [-0.3, -0.25) is 9.78 Å². The highest BCUT2D eigenvalue weighted by Gasteiger charge is 2.47. The molecule has 130 valence electrons. The van der Waals surface area contributed by atoms with Crippen LogP contribution in [0.25, 0.3) is 0 Å². The quantitative estimate of drug-likeness (QED) is 0.747. The van der Waals surface area contributed by atoms with E-state index in [1.165, 1.54) is 0 Å². The smallest absolute Gasteiger partial charge is 0.236 e. The molecule has 1 fully saturated rings. The number of nitrogens with one attached hydrogen (secondary N) is 1. The number of hydrogen-bond donors (Lipinski definition) is 2. The highest BCUT2D eigenvalue weighted by atomic mass is 79.9. The number of rotatable bonds is 3. The highest BCUT2D eigenvalue weighted by molar-refractivity contribution is 9.10. The van der Waals surface area contributed by atoms with Gasteiger partial charge in [0.05, 0.1) is 34.1 Å². The van der Waals surface area contributed by atoms with Crippen molar-refractivity contribution >= 4 is 33.2 Å². The van der Waals surface area contributed by atoms with Gasteiger partial charge in [-0.2, -0.15) is 5.26 Å². The summed E-state index contributed by atoms with van der Waals surface area (Å²) in [5, 5.41) is 11.8. The average molecular weight is 401 g/mol. The predicted molar refractivity (Wildman–Crippen MR) is 103 cm³/mol. The molecule has 0 unspecified atom stereocenters. The van der Waals surface area contributed by atoms with Gasteiger partial charge in [0.15, 0.2) is 0 Å². The second-order valence-electron chi connectivity index (χ2n) is 5.67. The van der Waals surface area contributed by atoms with E-state index in [2.05, 4.69) is 26.2 Å². The number of halogens is 1. The molecule has 0 bridgehead atoms. The van der Waals surface area contributed by atoms with Crippen LogP contribution in [0.1, 0.15) is 44.4 Å². The second-order valence-corrected chi connectivity index (χ2v) is 6.58. The van der Waals surface area contributed by atoms with Crippen molar-refractivity contribution in [3.8, 4) is 6.07 Å². The minimum atomic E-state index is -0.596. The minimum absolute atomic E-state index is 0.102. The first-order chi connectivity index (χ1) is 12.0. The average Bonchev–Trinajstić information content (AvgIpc) is 2.59. The summed E-state index contributed by atoms with van der Waals surface area (Å²) < 4.78 is 0.882. The number of nitrogens with two attached hydrogens (primary N) is 1. The minimum Gasteiger partial charge on any atom is -0.397 e. The van der Waals surface area contributed by atoms with Gasteiger partial charge in [-0.05, 0) is 59.1 Å². The molecule has 1 aromatic carbocycles. The molecule has 6 heteroatoms. The number of nitriles is 1. The van der Waals surface area contributed by atoms with Crippen LogP contribution in [0.15, 0.2) is 41.0 Å². The van der Waals surface area contributed by atoms with Crippen LogP contribution in [0.5, 0.6) is 0 Å². The zero-order valence-electron chi connectivity index (χ0n) is 14.3. The summed E-state index contributed by atoms with van der Waals surface area (Å²) in [7, 11) is 0. The van der Waals surface area contributed by atoms with Gasteiger partial charge in [-0.25, -0.2) is 0 Å². The van der Waals surface area contributed by atoms with Gasteiger partial charge < -0.3 is 11.1 Å².